The van der Waals surface area contributed by atoms with Crippen LogP contribution in [0.4, 0.5) is 0 Å². The lowest BCUT2D eigenvalue weighted by Crippen LogP contribution is -2.41. The van der Waals surface area contributed by atoms with Crippen molar-refractivity contribution >= 4 is 13.2 Å². The minimum atomic E-state index is -0.482. The highest BCUT2D eigenvalue weighted by atomic mass is 16.7. The van der Waals surface area contributed by atoms with Crippen LogP contribution in [-0.4, -0.2) is 30.0 Å². The summed E-state index contributed by atoms with van der Waals surface area (Å²) in [6.07, 6.45) is 1.83. The molecule has 1 aromatic carbocycles. The van der Waals surface area contributed by atoms with Gasteiger partial charge in [0.25, 0.3) is 0 Å². The van der Waals surface area contributed by atoms with Crippen LogP contribution in [0.15, 0.2) is 29.7 Å². The average molecular weight is 275 g/mol. The lowest BCUT2D eigenvalue weighted by atomic mass is 9.77. The molecule has 1 fully saturated rings. The van der Waals surface area contributed by atoms with E-state index in [0.717, 1.165) is 5.47 Å². The SMILES string of the molecule is CC1(C)OB(C(=Cc2ccccc2O)CN)OC1(C)C. The Hall–Kier alpha value is -1.30. The molecular weight excluding hydrogens is 253 g/mol. The Kier molecular flexibility index (Phi) is 3.96. The Morgan fingerprint density at radius 3 is 2.25 bits per heavy atom. The Morgan fingerprint density at radius 2 is 1.75 bits per heavy atom. The Bertz CT molecular complexity index is 510. The van der Waals surface area contributed by atoms with Gasteiger partial charge in [-0.2, -0.15) is 0 Å². The maximum atomic E-state index is 9.84. The number of hydrogen-bond acceptors (Lipinski definition) is 4. The molecule has 4 nitrogen and oxygen atoms in total. The molecular formula is C15H22BNO3. The van der Waals surface area contributed by atoms with Gasteiger partial charge in [0.15, 0.2) is 0 Å². The number of phenols is 1. The molecule has 0 aromatic heterocycles. The summed E-state index contributed by atoms with van der Waals surface area (Å²) in [4.78, 5) is 0. The molecule has 5 heteroatoms. The average Bonchev–Trinajstić information content (AvgIpc) is 2.57. The normalized spacial score (nSPS) is 21.2. The zero-order chi connectivity index (χ0) is 15.0. The fourth-order valence-electron chi connectivity index (χ4n) is 2.03. The van der Waals surface area contributed by atoms with Crippen LogP contribution in [0.25, 0.3) is 6.08 Å². The monoisotopic (exact) mass is 275 g/mol. The quantitative estimate of drug-likeness (QED) is 0.831. The second-order valence-electron chi connectivity index (χ2n) is 6.07. The first-order chi connectivity index (χ1) is 9.27. The van der Waals surface area contributed by atoms with Crippen LogP contribution in [0.5, 0.6) is 5.75 Å². The molecule has 0 atom stereocenters. The lowest BCUT2D eigenvalue weighted by molar-refractivity contribution is 0.00578. The Balaban J connectivity index is 2.29. The van der Waals surface area contributed by atoms with Crippen LogP contribution in [0.2, 0.25) is 0 Å². The highest BCUT2D eigenvalue weighted by molar-refractivity contribution is 6.55. The van der Waals surface area contributed by atoms with Gasteiger partial charge in [-0.25, -0.2) is 0 Å². The number of phenolic OH excluding ortho intramolecular Hbond substituents is 1. The second-order valence-corrected chi connectivity index (χ2v) is 6.07. The number of aromatic hydroxyl groups is 1. The molecule has 1 aliphatic heterocycles. The minimum Gasteiger partial charge on any atom is -0.507 e. The van der Waals surface area contributed by atoms with Gasteiger partial charge in [0.05, 0.1) is 11.2 Å². The molecule has 1 aliphatic rings. The zero-order valence-corrected chi connectivity index (χ0v) is 12.5. The topological polar surface area (TPSA) is 64.7 Å². The molecule has 1 heterocycles. The molecule has 0 amide bonds. The molecule has 20 heavy (non-hydrogen) atoms. The maximum Gasteiger partial charge on any atom is 0.491 e. The molecule has 0 radical (unpaired) electrons. The molecule has 1 saturated heterocycles. The third kappa shape index (κ3) is 2.75. The van der Waals surface area contributed by atoms with Crippen molar-refractivity contribution in [2.24, 2.45) is 5.73 Å². The molecule has 0 spiro atoms. The van der Waals surface area contributed by atoms with Crippen LogP contribution >= 0.6 is 0 Å². The van der Waals surface area contributed by atoms with Gasteiger partial charge in [0.1, 0.15) is 5.75 Å². The molecule has 0 bridgehead atoms. The molecule has 108 valence electrons. The van der Waals surface area contributed by atoms with E-state index in [1.54, 1.807) is 12.1 Å². The van der Waals surface area contributed by atoms with Crippen LogP contribution in [0.3, 0.4) is 0 Å². The Morgan fingerprint density at radius 1 is 1.20 bits per heavy atom. The van der Waals surface area contributed by atoms with Gasteiger partial charge in [-0.3, -0.25) is 0 Å². The fourth-order valence-corrected chi connectivity index (χ4v) is 2.03. The van der Waals surface area contributed by atoms with E-state index in [2.05, 4.69) is 0 Å². The van der Waals surface area contributed by atoms with Crippen molar-refractivity contribution in [2.75, 3.05) is 6.54 Å². The van der Waals surface area contributed by atoms with Gasteiger partial charge in [-0.05, 0) is 39.2 Å². The van der Waals surface area contributed by atoms with Crippen molar-refractivity contribution in [1.82, 2.24) is 0 Å². The summed E-state index contributed by atoms with van der Waals surface area (Å²) in [5.74, 6) is 0.218. The predicted molar refractivity (Wildman–Crippen MR) is 81.2 cm³/mol. The van der Waals surface area contributed by atoms with Gasteiger partial charge in [0, 0.05) is 12.1 Å². The lowest BCUT2D eigenvalue weighted by Gasteiger charge is -2.32. The molecule has 2 rings (SSSR count). The molecule has 0 saturated carbocycles. The number of rotatable bonds is 3. The first kappa shape index (κ1) is 15.1. The van der Waals surface area contributed by atoms with Crippen molar-refractivity contribution in [3.63, 3.8) is 0 Å². The number of hydrogen-bond donors (Lipinski definition) is 2. The van der Waals surface area contributed by atoms with Crippen molar-refractivity contribution in [2.45, 2.75) is 38.9 Å². The van der Waals surface area contributed by atoms with Crippen LogP contribution < -0.4 is 5.73 Å². The van der Waals surface area contributed by atoms with E-state index in [0.29, 0.717) is 12.1 Å². The van der Waals surface area contributed by atoms with Crippen molar-refractivity contribution in [3.05, 3.63) is 35.3 Å². The molecule has 0 aliphatic carbocycles. The van der Waals surface area contributed by atoms with Gasteiger partial charge < -0.3 is 20.1 Å². The minimum absolute atomic E-state index is 0.218. The van der Waals surface area contributed by atoms with Crippen LogP contribution in [0, 0.1) is 0 Å². The van der Waals surface area contributed by atoms with E-state index in [1.165, 1.54) is 0 Å². The maximum absolute atomic E-state index is 9.84. The largest absolute Gasteiger partial charge is 0.507 e. The third-order valence-corrected chi connectivity index (χ3v) is 4.07. The van der Waals surface area contributed by atoms with Crippen LogP contribution in [0.1, 0.15) is 33.3 Å². The smallest absolute Gasteiger partial charge is 0.491 e. The first-order valence-corrected chi connectivity index (χ1v) is 6.81. The van der Waals surface area contributed by atoms with Gasteiger partial charge in [-0.15, -0.1) is 0 Å². The van der Waals surface area contributed by atoms with Gasteiger partial charge >= 0.3 is 7.12 Å². The fraction of sp³-hybridized carbons (Fsp3) is 0.467. The van der Waals surface area contributed by atoms with Gasteiger partial charge in [-0.1, -0.05) is 24.3 Å². The van der Waals surface area contributed by atoms with Crippen molar-refractivity contribution in [1.29, 1.82) is 0 Å². The zero-order valence-electron chi connectivity index (χ0n) is 12.5. The van der Waals surface area contributed by atoms with E-state index in [1.807, 2.05) is 45.9 Å². The van der Waals surface area contributed by atoms with E-state index in [9.17, 15) is 5.11 Å². The highest BCUT2D eigenvalue weighted by Crippen LogP contribution is 2.38. The highest BCUT2D eigenvalue weighted by Gasteiger charge is 2.52. The van der Waals surface area contributed by atoms with Crippen molar-refractivity contribution < 1.29 is 14.4 Å². The summed E-state index contributed by atoms with van der Waals surface area (Å²) in [7, 11) is -0.482. The Labute approximate surface area is 120 Å². The van der Waals surface area contributed by atoms with E-state index in [-0.39, 0.29) is 5.75 Å². The second kappa shape index (κ2) is 5.24. The molecule has 0 unspecified atom stereocenters. The summed E-state index contributed by atoms with van der Waals surface area (Å²) in [5, 5.41) is 9.84. The molecule has 3 N–H and O–H groups in total. The van der Waals surface area contributed by atoms with Crippen LogP contribution in [-0.2, 0) is 9.31 Å². The summed E-state index contributed by atoms with van der Waals surface area (Å²) in [6, 6.07) is 7.12. The van der Waals surface area contributed by atoms with E-state index in [4.69, 9.17) is 15.0 Å². The summed E-state index contributed by atoms with van der Waals surface area (Å²) < 4.78 is 12.0. The van der Waals surface area contributed by atoms with Gasteiger partial charge in [0.2, 0.25) is 0 Å². The predicted octanol–water partition coefficient (Wildman–Crippen LogP) is 2.37. The number of nitrogens with two attached hydrogens (primary N) is 1. The van der Waals surface area contributed by atoms with E-state index >= 15 is 0 Å². The number of para-hydroxylation sites is 1. The standard InChI is InChI=1S/C15H22BNO3/c1-14(2)15(3,4)20-16(19-14)12(10-17)9-11-7-5-6-8-13(11)18/h5-9,18H,10,17H2,1-4H3. The third-order valence-electron chi connectivity index (χ3n) is 4.07. The summed E-state index contributed by atoms with van der Waals surface area (Å²) >= 11 is 0. The summed E-state index contributed by atoms with van der Waals surface area (Å²) in [6.45, 7) is 8.32. The number of benzene rings is 1. The van der Waals surface area contributed by atoms with E-state index < -0.39 is 18.3 Å². The molecule has 1 aromatic rings. The first-order valence-electron chi connectivity index (χ1n) is 6.81. The van der Waals surface area contributed by atoms with Crippen molar-refractivity contribution in [3.8, 4) is 5.75 Å². The summed E-state index contributed by atoms with van der Waals surface area (Å²) in [5.41, 5.74) is 6.54.